The van der Waals surface area contributed by atoms with Crippen LogP contribution in [0.4, 0.5) is 0 Å². The van der Waals surface area contributed by atoms with Crippen molar-refractivity contribution in [2.24, 2.45) is 0 Å². The number of carbonyl (C=O) groups is 2. The van der Waals surface area contributed by atoms with Crippen LogP contribution in [0.1, 0.15) is 32.8 Å². The van der Waals surface area contributed by atoms with Gasteiger partial charge in [0.1, 0.15) is 18.6 Å². The maximum Gasteiger partial charge on any atom is 0.313 e. The van der Waals surface area contributed by atoms with E-state index in [2.05, 4.69) is 4.18 Å². The molecule has 22 heavy (non-hydrogen) atoms. The highest BCUT2D eigenvalue weighted by atomic mass is 32.2. The molecule has 0 spiro atoms. The van der Waals surface area contributed by atoms with Crippen molar-refractivity contribution in [1.82, 2.24) is 0 Å². The number of hydrogen-bond donors (Lipinski definition) is 0. The maximum atomic E-state index is 11.9. The summed E-state index contributed by atoms with van der Waals surface area (Å²) >= 11 is 0. The van der Waals surface area contributed by atoms with Crippen LogP contribution in [0.5, 0.6) is 0 Å². The standard InChI is InChI=1S/C15H20O6S/c1-11-5-7-13(8-6-11)22(18,19)20-10-12(16)9-14(17)21-15(2,3)4/h5-8H,9-10H2,1-4H3. The van der Waals surface area contributed by atoms with Gasteiger partial charge in [0.25, 0.3) is 10.1 Å². The molecule has 0 bridgehead atoms. The van der Waals surface area contributed by atoms with E-state index in [9.17, 15) is 18.0 Å². The molecule has 0 radical (unpaired) electrons. The van der Waals surface area contributed by atoms with Crippen LogP contribution < -0.4 is 0 Å². The SMILES string of the molecule is Cc1ccc(S(=O)(=O)OCC(=O)CC(=O)OC(C)(C)C)cc1. The molecule has 0 aromatic heterocycles. The van der Waals surface area contributed by atoms with Crippen LogP contribution in [-0.4, -0.2) is 32.4 Å². The van der Waals surface area contributed by atoms with E-state index in [1.54, 1.807) is 32.9 Å². The molecule has 1 rings (SSSR count). The third kappa shape index (κ3) is 6.36. The molecule has 122 valence electrons. The second-order valence-electron chi connectivity index (χ2n) is 5.83. The lowest BCUT2D eigenvalue weighted by molar-refractivity contribution is -0.156. The van der Waals surface area contributed by atoms with Crippen LogP contribution in [0.15, 0.2) is 29.2 Å². The third-order valence-corrected chi connectivity index (χ3v) is 3.72. The summed E-state index contributed by atoms with van der Waals surface area (Å²) in [4.78, 5) is 23.0. The minimum atomic E-state index is -4.02. The highest BCUT2D eigenvalue weighted by molar-refractivity contribution is 7.86. The number of carbonyl (C=O) groups excluding carboxylic acids is 2. The summed E-state index contributed by atoms with van der Waals surface area (Å²) in [5.41, 5.74) is 0.201. The molecule has 0 saturated carbocycles. The molecule has 0 heterocycles. The first-order valence-electron chi connectivity index (χ1n) is 6.69. The van der Waals surface area contributed by atoms with Crippen molar-refractivity contribution in [2.75, 3.05) is 6.61 Å². The molecule has 0 unspecified atom stereocenters. The number of rotatable bonds is 6. The average molecular weight is 328 g/mol. The second-order valence-corrected chi connectivity index (χ2v) is 7.45. The first-order chi connectivity index (χ1) is 9.99. The molecule has 0 atom stereocenters. The normalized spacial score (nSPS) is 12.0. The Balaban J connectivity index is 2.56. The number of Topliss-reactive ketones (excluding diaryl/α,β-unsaturated/α-hetero) is 1. The minimum Gasteiger partial charge on any atom is -0.460 e. The summed E-state index contributed by atoms with van der Waals surface area (Å²) in [6, 6.07) is 6.03. The van der Waals surface area contributed by atoms with Crippen LogP contribution in [-0.2, 0) is 28.6 Å². The van der Waals surface area contributed by atoms with Crippen LogP contribution >= 0.6 is 0 Å². The van der Waals surface area contributed by atoms with Crippen LogP contribution in [0, 0.1) is 6.92 Å². The molecule has 7 heteroatoms. The van der Waals surface area contributed by atoms with Gasteiger partial charge in [0.2, 0.25) is 0 Å². The smallest absolute Gasteiger partial charge is 0.313 e. The third-order valence-electron chi connectivity index (χ3n) is 2.45. The first kappa shape index (κ1) is 18.3. The molecular formula is C15H20O6S. The van der Waals surface area contributed by atoms with Gasteiger partial charge >= 0.3 is 5.97 Å². The van der Waals surface area contributed by atoms with Crippen LogP contribution in [0.2, 0.25) is 0 Å². The molecule has 0 fully saturated rings. The van der Waals surface area contributed by atoms with Gasteiger partial charge in [-0.05, 0) is 39.8 Å². The van der Waals surface area contributed by atoms with Crippen molar-refractivity contribution in [2.45, 2.75) is 44.6 Å². The number of aryl methyl sites for hydroxylation is 1. The van der Waals surface area contributed by atoms with Crippen LogP contribution in [0.25, 0.3) is 0 Å². The number of hydrogen-bond acceptors (Lipinski definition) is 6. The van der Waals surface area contributed by atoms with Gasteiger partial charge in [-0.1, -0.05) is 17.7 Å². The van der Waals surface area contributed by atoms with Crippen molar-refractivity contribution < 1.29 is 26.9 Å². The Labute approximate surface area is 130 Å². The Morgan fingerprint density at radius 2 is 1.64 bits per heavy atom. The molecule has 0 amide bonds. The molecule has 0 N–H and O–H groups in total. The molecular weight excluding hydrogens is 308 g/mol. The highest BCUT2D eigenvalue weighted by Gasteiger charge is 2.21. The van der Waals surface area contributed by atoms with Crippen molar-refractivity contribution in [3.05, 3.63) is 29.8 Å². The summed E-state index contributed by atoms with van der Waals surface area (Å²) in [6.07, 6.45) is -0.527. The van der Waals surface area contributed by atoms with E-state index >= 15 is 0 Å². The summed E-state index contributed by atoms with van der Waals surface area (Å²) < 4.78 is 33.4. The Morgan fingerprint density at radius 1 is 1.09 bits per heavy atom. The molecule has 0 saturated heterocycles. The van der Waals surface area contributed by atoms with E-state index in [1.165, 1.54) is 12.1 Å². The number of esters is 1. The lowest BCUT2D eigenvalue weighted by Gasteiger charge is -2.19. The van der Waals surface area contributed by atoms with Gasteiger partial charge in [-0.2, -0.15) is 8.42 Å². The Bertz CT molecular complexity index is 638. The van der Waals surface area contributed by atoms with E-state index < -0.39 is 40.5 Å². The van der Waals surface area contributed by atoms with Gasteiger partial charge in [-0.25, -0.2) is 0 Å². The zero-order chi connectivity index (χ0) is 17.0. The van der Waals surface area contributed by atoms with E-state index in [1.807, 2.05) is 6.92 Å². The van der Waals surface area contributed by atoms with Gasteiger partial charge in [-0.3, -0.25) is 13.8 Å². The Hall–Kier alpha value is -1.73. The summed E-state index contributed by atoms with van der Waals surface area (Å²) in [5, 5.41) is 0. The van der Waals surface area contributed by atoms with E-state index in [-0.39, 0.29) is 4.90 Å². The van der Waals surface area contributed by atoms with Crippen molar-refractivity contribution >= 4 is 21.9 Å². The largest absolute Gasteiger partial charge is 0.460 e. The number of benzene rings is 1. The number of ketones is 1. The quantitative estimate of drug-likeness (QED) is 0.451. The topological polar surface area (TPSA) is 86.7 Å². The summed E-state index contributed by atoms with van der Waals surface area (Å²) in [6.45, 7) is 6.15. The van der Waals surface area contributed by atoms with Crippen molar-refractivity contribution in [3.63, 3.8) is 0 Å². The molecule has 1 aromatic carbocycles. The fourth-order valence-corrected chi connectivity index (χ4v) is 2.40. The van der Waals surface area contributed by atoms with Crippen molar-refractivity contribution in [3.8, 4) is 0 Å². The van der Waals surface area contributed by atoms with Gasteiger partial charge in [0, 0.05) is 0 Å². The Morgan fingerprint density at radius 3 is 2.14 bits per heavy atom. The molecule has 0 aliphatic heterocycles. The van der Waals surface area contributed by atoms with Crippen molar-refractivity contribution in [1.29, 1.82) is 0 Å². The van der Waals surface area contributed by atoms with Crippen LogP contribution in [0.3, 0.4) is 0 Å². The fraction of sp³-hybridized carbons (Fsp3) is 0.467. The van der Waals surface area contributed by atoms with E-state index in [0.29, 0.717) is 0 Å². The monoisotopic (exact) mass is 328 g/mol. The number of ether oxygens (including phenoxy) is 1. The summed E-state index contributed by atoms with van der Waals surface area (Å²) in [5.74, 6) is -1.38. The predicted molar refractivity (Wildman–Crippen MR) is 79.8 cm³/mol. The molecule has 6 nitrogen and oxygen atoms in total. The summed E-state index contributed by atoms with van der Waals surface area (Å²) in [7, 11) is -4.02. The van der Waals surface area contributed by atoms with E-state index in [0.717, 1.165) is 5.56 Å². The zero-order valence-electron chi connectivity index (χ0n) is 13.1. The highest BCUT2D eigenvalue weighted by Crippen LogP contribution is 2.13. The van der Waals surface area contributed by atoms with Gasteiger partial charge < -0.3 is 4.74 Å². The maximum absolute atomic E-state index is 11.9. The average Bonchev–Trinajstić information content (AvgIpc) is 2.34. The fourth-order valence-electron chi connectivity index (χ4n) is 1.51. The molecule has 1 aromatic rings. The lowest BCUT2D eigenvalue weighted by Crippen LogP contribution is -2.26. The van der Waals surface area contributed by atoms with Gasteiger partial charge in [-0.15, -0.1) is 0 Å². The zero-order valence-corrected chi connectivity index (χ0v) is 13.9. The molecule has 0 aliphatic rings. The Kier molecular flexibility index (Phi) is 5.85. The van der Waals surface area contributed by atoms with E-state index in [4.69, 9.17) is 4.74 Å². The second kappa shape index (κ2) is 7.02. The van der Waals surface area contributed by atoms with Gasteiger partial charge in [0.05, 0.1) is 4.90 Å². The lowest BCUT2D eigenvalue weighted by atomic mass is 10.2. The first-order valence-corrected chi connectivity index (χ1v) is 8.10. The molecule has 0 aliphatic carbocycles. The van der Waals surface area contributed by atoms with Gasteiger partial charge in [0.15, 0.2) is 5.78 Å². The minimum absolute atomic E-state index is 0.0387. The predicted octanol–water partition coefficient (Wildman–Crippen LogP) is 2.00.